The lowest BCUT2D eigenvalue weighted by Crippen LogP contribution is -2.55. The molecule has 0 bridgehead atoms. The van der Waals surface area contributed by atoms with Crippen molar-refractivity contribution in [2.45, 2.75) is 6.18 Å². The van der Waals surface area contributed by atoms with Crippen LogP contribution in [0.25, 0.3) is 0 Å². The van der Waals surface area contributed by atoms with E-state index in [0.717, 1.165) is 0 Å². The lowest BCUT2D eigenvalue weighted by atomic mass is 10.1. The van der Waals surface area contributed by atoms with Crippen LogP contribution in [0, 0.1) is 0 Å². The van der Waals surface area contributed by atoms with Crippen LogP contribution in [0.5, 0.6) is 5.75 Å². The SMILES string of the molecule is O=C(C(=O)N1CCN(C(=O)c2ccc(OCC(F)(F)F)cc2)CC1)N1CCOCC1. The van der Waals surface area contributed by atoms with E-state index in [1.54, 1.807) is 0 Å². The van der Waals surface area contributed by atoms with Crippen molar-refractivity contribution >= 4 is 17.7 Å². The monoisotopic (exact) mass is 429 g/mol. The maximum absolute atomic E-state index is 12.6. The van der Waals surface area contributed by atoms with E-state index in [2.05, 4.69) is 4.74 Å². The number of hydrogen-bond acceptors (Lipinski definition) is 5. The number of amides is 3. The summed E-state index contributed by atoms with van der Waals surface area (Å²) >= 11 is 0. The second-order valence-electron chi connectivity index (χ2n) is 6.92. The lowest BCUT2D eigenvalue weighted by molar-refractivity contribution is -0.154. The zero-order valence-electron chi connectivity index (χ0n) is 16.2. The second kappa shape index (κ2) is 9.33. The smallest absolute Gasteiger partial charge is 0.422 e. The highest BCUT2D eigenvalue weighted by molar-refractivity contribution is 6.34. The van der Waals surface area contributed by atoms with Crippen LogP contribution >= 0.6 is 0 Å². The Hall–Kier alpha value is -2.82. The summed E-state index contributed by atoms with van der Waals surface area (Å²) in [7, 11) is 0. The van der Waals surface area contributed by atoms with Crippen LogP contribution in [0.1, 0.15) is 10.4 Å². The molecule has 8 nitrogen and oxygen atoms in total. The third-order valence-electron chi connectivity index (χ3n) is 4.84. The van der Waals surface area contributed by atoms with Crippen molar-refractivity contribution in [2.75, 3.05) is 59.1 Å². The number of alkyl halides is 3. The Labute approximate surface area is 171 Å². The molecule has 0 spiro atoms. The number of halogens is 3. The normalized spacial score (nSPS) is 17.6. The predicted molar refractivity (Wildman–Crippen MR) is 97.9 cm³/mol. The number of carbonyl (C=O) groups excluding carboxylic acids is 3. The minimum atomic E-state index is -4.44. The van der Waals surface area contributed by atoms with Crippen molar-refractivity contribution in [3.8, 4) is 5.75 Å². The molecule has 2 aliphatic heterocycles. The van der Waals surface area contributed by atoms with E-state index in [9.17, 15) is 27.6 Å². The van der Waals surface area contributed by atoms with Crippen molar-refractivity contribution in [2.24, 2.45) is 0 Å². The zero-order valence-corrected chi connectivity index (χ0v) is 16.2. The number of ether oxygens (including phenoxy) is 2. The summed E-state index contributed by atoms with van der Waals surface area (Å²) < 4.78 is 46.4. The molecular formula is C19H22F3N3O5. The Bertz CT molecular complexity index is 771. The molecule has 2 heterocycles. The minimum absolute atomic E-state index is 0.0147. The van der Waals surface area contributed by atoms with Gasteiger partial charge in [-0.1, -0.05) is 0 Å². The lowest BCUT2D eigenvalue weighted by Gasteiger charge is -2.35. The van der Waals surface area contributed by atoms with Crippen LogP contribution in [-0.2, 0) is 14.3 Å². The molecule has 2 fully saturated rings. The Morgan fingerprint density at radius 1 is 0.833 bits per heavy atom. The van der Waals surface area contributed by atoms with Crippen LogP contribution in [-0.4, -0.2) is 97.7 Å². The predicted octanol–water partition coefficient (Wildman–Crippen LogP) is 0.771. The average molecular weight is 429 g/mol. The highest BCUT2D eigenvalue weighted by Gasteiger charge is 2.32. The Kier molecular flexibility index (Phi) is 6.80. The van der Waals surface area contributed by atoms with E-state index in [1.165, 1.54) is 39.0 Å². The van der Waals surface area contributed by atoms with Gasteiger partial charge >= 0.3 is 18.0 Å². The van der Waals surface area contributed by atoms with Crippen molar-refractivity contribution in [1.29, 1.82) is 0 Å². The molecule has 2 aliphatic rings. The van der Waals surface area contributed by atoms with Gasteiger partial charge in [-0.2, -0.15) is 13.2 Å². The fourth-order valence-electron chi connectivity index (χ4n) is 3.19. The standard InChI is InChI=1S/C19H22F3N3O5/c20-19(21,22)13-30-15-3-1-14(2-4-15)16(26)23-5-7-24(8-6-23)17(27)18(28)25-9-11-29-12-10-25/h1-4H,5-13H2. The van der Waals surface area contributed by atoms with Gasteiger partial charge in [-0.3, -0.25) is 14.4 Å². The summed E-state index contributed by atoms with van der Waals surface area (Å²) in [6, 6.07) is 5.40. The van der Waals surface area contributed by atoms with E-state index in [-0.39, 0.29) is 37.8 Å². The molecule has 1 aromatic carbocycles. The van der Waals surface area contributed by atoms with Gasteiger partial charge in [0.2, 0.25) is 0 Å². The number of rotatable bonds is 3. The van der Waals surface area contributed by atoms with E-state index < -0.39 is 24.6 Å². The fourth-order valence-corrected chi connectivity index (χ4v) is 3.19. The van der Waals surface area contributed by atoms with Crippen LogP contribution in [0.4, 0.5) is 13.2 Å². The van der Waals surface area contributed by atoms with Gasteiger partial charge in [-0.05, 0) is 24.3 Å². The average Bonchev–Trinajstić information content (AvgIpc) is 2.77. The fraction of sp³-hybridized carbons (Fsp3) is 0.526. The third kappa shape index (κ3) is 5.62. The van der Waals surface area contributed by atoms with Gasteiger partial charge < -0.3 is 24.2 Å². The van der Waals surface area contributed by atoms with Crippen molar-refractivity contribution in [1.82, 2.24) is 14.7 Å². The van der Waals surface area contributed by atoms with E-state index in [4.69, 9.17) is 4.74 Å². The number of carbonyl (C=O) groups is 3. The molecule has 0 atom stereocenters. The van der Waals surface area contributed by atoms with Gasteiger partial charge in [0, 0.05) is 44.8 Å². The van der Waals surface area contributed by atoms with Crippen LogP contribution in [0.15, 0.2) is 24.3 Å². The molecule has 0 unspecified atom stereocenters. The topological polar surface area (TPSA) is 79.4 Å². The van der Waals surface area contributed by atoms with E-state index >= 15 is 0 Å². The summed E-state index contributed by atoms with van der Waals surface area (Å²) in [4.78, 5) is 41.7. The maximum Gasteiger partial charge on any atom is 0.422 e. The quantitative estimate of drug-likeness (QED) is 0.664. The summed E-state index contributed by atoms with van der Waals surface area (Å²) in [5.41, 5.74) is 0.304. The maximum atomic E-state index is 12.6. The zero-order chi connectivity index (χ0) is 21.7. The molecule has 30 heavy (non-hydrogen) atoms. The summed E-state index contributed by atoms with van der Waals surface area (Å²) in [6.07, 6.45) is -4.44. The molecular weight excluding hydrogens is 407 g/mol. The van der Waals surface area contributed by atoms with Gasteiger partial charge in [0.25, 0.3) is 5.91 Å². The summed E-state index contributed by atoms with van der Waals surface area (Å²) in [5.74, 6) is -1.44. The van der Waals surface area contributed by atoms with E-state index in [0.29, 0.717) is 31.9 Å². The van der Waals surface area contributed by atoms with Crippen LogP contribution in [0.2, 0.25) is 0 Å². The number of hydrogen-bond donors (Lipinski definition) is 0. The number of piperazine rings is 1. The first-order valence-corrected chi connectivity index (χ1v) is 9.49. The van der Waals surface area contributed by atoms with Gasteiger partial charge in [0.05, 0.1) is 13.2 Å². The molecule has 0 radical (unpaired) electrons. The van der Waals surface area contributed by atoms with Gasteiger partial charge in [-0.15, -0.1) is 0 Å². The van der Waals surface area contributed by atoms with Crippen molar-refractivity contribution in [3.63, 3.8) is 0 Å². The minimum Gasteiger partial charge on any atom is -0.484 e. The first-order valence-electron chi connectivity index (χ1n) is 9.49. The summed E-state index contributed by atoms with van der Waals surface area (Å²) in [6.45, 7) is 1.14. The van der Waals surface area contributed by atoms with Crippen molar-refractivity contribution < 1.29 is 37.0 Å². The Morgan fingerprint density at radius 3 is 1.87 bits per heavy atom. The highest BCUT2D eigenvalue weighted by atomic mass is 19.4. The molecule has 2 saturated heterocycles. The highest BCUT2D eigenvalue weighted by Crippen LogP contribution is 2.19. The molecule has 1 aromatic rings. The molecule has 11 heteroatoms. The molecule has 164 valence electrons. The Balaban J connectivity index is 1.50. The molecule has 3 rings (SSSR count). The first-order chi connectivity index (χ1) is 14.2. The largest absolute Gasteiger partial charge is 0.484 e. The molecule has 0 N–H and O–H groups in total. The third-order valence-corrected chi connectivity index (χ3v) is 4.84. The molecule has 0 aromatic heterocycles. The summed E-state index contributed by atoms with van der Waals surface area (Å²) in [5, 5.41) is 0. The molecule has 3 amide bonds. The van der Waals surface area contributed by atoms with Gasteiger partial charge in [-0.25, -0.2) is 0 Å². The number of nitrogens with zero attached hydrogens (tertiary/aromatic N) is 3. The molecule has 0 aliphatic carbocycles. The molecule has 0 saturated carbocycles. The van der Waals surface area contributed by atoms with Crippen LogP contribution in [0.3, 0.4) is 0 Å². The van der Waals surface area contributed by atoms with Gasteiger partial charge in [0.15, 0.2) is 6.61 Å². The Morgan fingerprint density at radius 2 is 1.33 bits per heavy atom. The second-order valence-corrected chi connectivity index (χ2v) is 6.92. The van der Waals surface area contributed by atoms with Gasteiger partial charge in [0.1, 0.15) is 5.75 Å². The number of benzene rings is 1. The van der Waals surface area contributed by atoms with Crippen molar-refractivity contribution in [3.05, 3.63) is 29.8 Å². The van der Waals surface area contributed by atoms with Crippen LogP contribution < -0.4 is 4.74 Å². The first kappa shape index (κ1) is 21.9. The number of morpholine rings is 1. The van der Waals surface area contributed by atoms with E-state index in [1.807, 2.05) is 0 Å².